The molecule has 0 saturated carbocycles. The lowest BCUT2D eigenvalue weighted by molar-refractivity contribution is 0.135. The summed E-state index contributed by atoms with van der Waals surface area (Å²) < 4.78 is 0. The number of nitrogens with one attached hydrogen (secondary N) is 2. The Morgan fingerprint density at radius 3 is 2.64 bits per heavy atom. The standard InChI is InChI=1S/C18H35N3O/c1-5-9-19-10-6-7-17(14-22)21(4)11-8-15(2)18-13-20-12-16(18)3/h12-13,15,17,19-20,22H,5-11,14H2,1-4H3/t15-,17+/m0/s1. The number of aliphatic hydroxyl groups excluding tert-OH is 1. The highest BCUT2D eigenvalue weighted by atomic mass is 16.3. The van der Waals surface area contributed by atoms with Gasteiger partial charge in [-0.05, 0) is 76.3 Å². The van der Waals surface area contributed by atoms with Crippen molar-refractivity contribution in [2.24, 2.45) is 0 Å². The SMILES string of the molecule is CCCNCCC[C@H](CO)N(C)CC[C@H](C)c1c[nH]cc1C. The molecular weight excluding hydrogens is 274 g/mol. The molecule has 1 heterocycles. The maximum atomic E-state index is 9.63. The molecule has 0 fully saturated rings. The average Bonchev–Trinajstić information content (AvgIpc) is 2.94. The summed E-state index contributed by atoms with van der Waals surface area (Å²) >= 11 is 0. The Morgan fingerprint density at radius 1 is 1.27 bits per heavy atom. The molecule has 0 spiro atoms. The molecule has 22 heavy (non-hydrogen) atoms. The van der Waals surface area contributed by atoms with Crippen molar-refractivity contribution >= 4 is 0 Å². The van der Waals surface area contributed by atoms with Gasteiger partial charge in [-0.2, -0.15) is 0 Å². The third kappa shape index (κ3) is 6.51. The highest BCUT2D eigenvalue weighted by molar-refractivity contribution is 5.24. The van der Waals surface area contributed by atoms with Gasteiger partial charge >= 0.3 is 0 Å². The molecule has 0 aliphatic heterocycles. The summed E-state index contributed by atoms with van der Waals surface area (Å²) in [5.74, 6) is 0.555. The van der Waals surface area contributed by atoms with Gasteiger partial charge in [0.15, 0.2) is 0 Å². The third-order valence-corrected chi connectivity index (χ3v) is 4.59. The van der Waals surface area contributed by atoms with Crippen molar-refractivity contribution in [1.29, 1.82) is 0 Å². The highest BCUT2D eigenvalue weighted by Crippen LogP contribution is 2.22. The minimum Gasteiger partial charge on any atom is -0.395 e. The van der Waals surface area contributed by atoms with E-state index in [-0.39, 0.29) is 12.6 Å². The molecule has 3 N–H and O–H groups in total. The minimum atomic E-state index is 0.252. The summed E-state index contributed by atoms with van der Waals surface area (Å²) in [7, 11) is 2.14. The Labute approximate surface area is 136 Å². The van der Waals surface area contributed by atoms with Gasteiger partial charge in [0.05, 0.1) is 6.61 Å². The molecule has 0 radical (unpaired) electrons. The van der Waals surface area contributed by atoms with Crippen LogP contribution >= 0.6 is 0 Å². The van der Waals surface area contributed by atoms with E-state index in [1.54, 1.807) is 0 Å². The van der Waals surface area contributed by atoms with E-state index in [9.17, 15) is 5.11 Å². The van der Waals surface area contributed by atoms with Gasteiger partial charge in [0, 0.05) is 18.4 Å². The van der Waals surface area contributed by atoms with Crippen molar-refractivity contribution in [1.82, 2.24) is 15.2 Å². The van der Waals surface area contributed by atoms with Crippen molar-refractivity contribution < 1.29 is 5.11 Å². The maximum absolute atomic E-state index is 9.63. The molecule has 0 unspecified atom stereocenters. The molecule has 0 saturated heterocycles. The molecule has 0 aliphatic carbocycles. The van der Waals surface area contributed by atoms with E-state index in [0.717, 1.165) is 38.9 Å². The van der Waals surface area contributed by atoms with Crippen LogP contribution in [-0.4, -0.2) is 54.3 Å². The van der Waals surface area contributed by atoms with Crippen LogP contribution in [0.2, 0.25) is 0 Å². The van der Waals surface area contributed by atoms with E-state index in [0.29, 0.717) is 5.92 Å². The number of likely N-dealkylation sites (N-methyl/N-ethyl adjacent to an activating group) is 1. The number of rotatable bonds is 12. The zero-order valence-electron chi connectivity index (χ0n) is 14.9. The molecule has 1 aromatic heterocycles. The molecule has 4 nitrogen and oxygen atoms in total. The summed E-state index contributed by atoms with van der Waals surface area (Å²) in [5.41, 5.74) is 2.76. The Morgan fingerprint density at radius 2 is 2.05 bits per heavy atom. The molecule has 0 aliphatic rings. The lowest BCUT2D eigenvalue weighted by atomic mass is 9.97. The molecule has 0 amide bonds. The summed E-state index contributed by atoms with van der Waals surface area (Å²) in [6.07, 6.45) is 8.67. The fraction of sp³-hybridized carbons (Fsp3) is 0.778. The van der Waals surface area contributed by atoms with Gasteiger partial charge in [-0.25, -0.2) is 0 Å². The van der Waals surface area contributed by atoms with Crippen molar-refractivity contribution in [2.75, 3.05) is 33.3 Å². The lowest BCUT2D eigenvalue weighted by Gasteiger charge is -2.27. The predicted molar refractivity (Wildman–Crippen MR) is 94.5 cm³/mol. The number of H-pyrrole nitrogens is 1. The number of aromatic amines is 1. The zero-order valence-corrected chi connectivity index (χ0v) is 14.9. The normalized spacial score (nSPS) is 14.5. The lowest BCUT2D eigenvalue weighted by Crippen LogP contribution is -2.36. The first-order valence-electron chi connectivity index (χ1n) is 8.75. The molecular formula is C18H35N3O. The van der Waals surface area contributed by atoms with E-state index in [1.165, 1.54) is 17.5 Å². The predicted octanol–water partition coefficient (Wildman–Crippen LogP) is 2.89. The van der Waals surface area contributed by atoms with Crippen molar-refractivity contribution in [3.63, 3.8) is 0 Å². The number of aryl methyl sites for hydroxylation is 1. The van der Waals surface area contributed by atoms with Gasteiger partial charge in [-0.15, -0.1) is 0 Å². The van der Waals surface area contributed by atoms with Crippen LogP contribution in [0, 0.1) is 6.92 Å². The number of nitrogens with zero attached hydrogens (tertiary/aromatic N) is 1. The van der Waals surface area contributed by atoms with E-state index >= 15 is 0 Å². The second kappa shape index (κ2) is 10.8. The number of hydrogen-bond acceptors (Lipinski definition) is 3. The van der Waals surface area contributed by atoms with Crippen molar-refractivity contribution in [3.05, 3.63) is 23.5 Å². The van der Waals surface area contributed by atoms with E-state index in [4.69, 9.17) is 0 Å². The van der Waals surface area contributed by atoms with Crippen LogP contribution in [0.15, 0.2) is 12.4 Å². The van der Waals surface area contributed by atoms with E-state index < -0.39 is 0 Å². The monoisotopic (exact) mass is 309 g/mol. The fourth-order valence-corrected chi connectivity index (χ4v) is 2.94. The van der Waals surface area contributed by atoms with Crippen LogP contribution in [0.3, 0.4) is 0 Å². The van der Waals surface area contributed by atoms with Crippen LogP contribution in [-0.2, 0) is 0 Å². The second-order valence-corrected chi connectivity index (χ2v) is 6.49. The highest BCUT2D eigenvalue weighted by Gasteiger charge is 2.16. The average molecular weight is 309 g/mol. The Hall–Kier alpha value is -0.840. The van der Waals surface area contributed by atoms with E-state index in [1.807, 2.05) is 0 Å². The van der Waals surface area contributed by atoms with Crippen LogP contribution in [0.5, 0.6) is 0 Å². The second-order valence-electron chi connectivity index (χ2n) is 6.49. The van der Waals surface area contributed by atoms with Gasteiger partial charge in [-0.3, -0.25) is 0 Å². The van der Waals surface area contributed by atoms with Crippen LogP contribution < -0.4 is 5.32 Å². The number of hydrogen-bond donors (Lipinski definition) is 3. The smallest absolute Gasteiger partial charge is 0.0586 e. The van der Waals surface area contributed by atoms with Crippen LogP contribution in [0.4, 0.5) is 0 Å². The first kappa shape index (κ1) is 19.2. The van der Waals surface area contributed by atoms with Crippen molar-refractivity contribution in [3.8, 4) is 0 Å². The van der Waals surface area contributed by atoms with Gasteiger partial charge in [0.1, 0.15) is 0 Å². The molecule has 1 aromatic rings. The van der Waals surface area contributed by atoms with Crippen LogP contribution in [0.1, 0.15) is 56.6 Å². The van der Waals surface area contributed by atoms with E-state index in [2.05, 4.69) is 55.4 Å². The number of aromatic nitrogens is 1. The summed E-state index contributed by atoms with van der Waals surface area (Å²) in [5, 5.41) is 13.1. The Kier molecular flexibility index (Phi) is 9.44. The maximum Gasteiger partial charge on any atom is 0.0586 e. The van der Waals surface area contributed by atoms with Gasteiger partial charge in [0.25, 0.3) is 0 Å². The molecule has 128 valence electrons. The largest absolute Gasteiger partial charge is 0.395 e. The van der Waals surface area contributed by atoms with Gasteiger partial charge in [0.2, 0.25) is 0 Å². The molecule has 1 rings (SSSR count). The van der Waals surface area contributed by atoms with Gasteiger partial charge < -0.3 is 20.3 Å². The molecule has 4 heteroatoms. The quantitative estimate of drug-likeness (QED) is 0.520. The molecule has 2 atom stereocenters. The van der Waals surface area contributed by atoms with Gasteiger partial charge in [-0.1, -0.05) is 13.8 Å². The Bertz CT molecular complexity index is 391. The van der Waals surface area contributed by atoms with Crippen LogP contribution in [0.25, 0.3) is 0 Å². The molecule has 0 bridgehead atoms. The fourth-order valence-electron chi connectivity index (χ4n) is 2.94. The van der Waals surface area contributed by atoms with Crippen molar-refractivity contribution in [2.45, 2.75) is 58.4 Å². The third-order valence-electron chi connectivity index (χ3n) is 4.59. The minimum absolute atomic E-state index is 0.252. The summed E-state index contributed by atoms with van der Waals surface area (Å²) in [6.45, 7) is 10.1. The molecule has 0 aromatic carbocycles. The first-order chi connectivity index (χ1) is 10.6. The Balaban J connectivity index is 2.29. The summed E-state index contributed by atoms with van der Waals surface area (Å²) in [6, 6.07) is 0.281. The first-order valence-corrected chi connectivity index (χ1v) is 8.75. The topological polar surface area (TPSA) is 51.3 Å². The summed E-state index contributed by atoms with van der Waals surface area (Å²) in [4.78, 5) is 5.50. The zero-order chi connectivity index (χ0) is 16.4. The number of aliphatic hydroxyl groups is 1.